The van der Waals surface area contributed by atoms with Crippen LogP contribution in [0.4, 0.5) is 4.79 Å². The monoisotopic (exact) mass is 284 g/mol. The number of carbonyl (C=O) groups excluding carboxylic acids is 1. The largest absolute Gasteiger partial charge is 0.481 e. The van der Waals surface area contributed by atoms with Crippen LogP contribution < -0.4 is 5.32 Å². The van der Waals surface area contributed by atoms with Crippen molar-refractivity contribution in [2.45, 2.75) is 46.5 Å². The Labute approximate surface area is 121 Å². The van der Waals surface area contributed by atoms with E-state index in [1.165, 1.54) is 0 Å². The summed E-state index contributed by atoms with van der Waals surface area (Å²) in [5, 5.41) is 11.8. The molecule has 1 rings (SSSR count). The molecule has 116 valence electrons. The molecule has 0 aromatic rings. The molecule has 1 aliphatic heterocycles. The molecule has 0 saturated carbocycles. The molecule has 0 bridgehead atoms. The minimum atomic E-state index is -0.795. The van der Waals surface area contributed by atoms with E-state index in [-0.39, 0.29) is 18.4 Å². The minimum absolute atomic E-state index is 0.0140. The number of carboxylic acids is 1. The fourth-order valence-electron chi connectivity index (χ4n) is 2.71. The van der Waals surface area contributed by atoms with Crippen LogP contribution in [0.1, 0.15) is 46.5 Å². The van der Waals surface area contributed by atoms with E-state index >= 15 is 0 Å². The van der Waals surface area contributed by atoms with E-state index in [0.29, 0.717) is 18.4 Å². The fourth-order valence-corrected chi connectivity index (χ4v) is 2.71. The highest BCUT2D eigenvalue weighted by Gasteiger charge is 2.21. The van der Waals surface area contributed by atoms with E-state index in [2.05, 4.69) is 26.1 Å². The van der Waals surface area contributed by atoms with E-state index in [9.17, 15) is 9.59 Å². The number of likely N-dealkylation sites (tertiary alicyclic amines) is 1. The lowest BCUT2D eigenvalue weighted by Gasteiger charge is -2.31. The molecule has 2 amide bonds. The first kappa shape index (κ1) is 16.8. The summed E-state index contributed by atoms with van der Waals surface area (Å²) < 4.78 is 0. The van der Waals surface area contributed by atoms with Gasteiger partial charge < -0.3 is 15.3 Å². The molecular weight excluding hydrogens is 256 g/mol. The number of carbonyl (C=O) groups is 2. The lowest BCUT2D eigenvalue weighted by atomic mass is 9.94. The maximum atomic E-state index is 12.0. The van der Waals surface area contributed by atoms with Crippen molar-refractivity contribution in [3.8, 4) is 0 Å². The predicted octanol–water partition coefficient (Wildman–Crippen LogP) is 2.56. The summed E-state index contributed by atoms with van der Waals surface area (Å²) in [4.78, 5) is 24.7. The van der Waals surface area contributed by atoms with Crippen LogP contribution in [-0.4, -0.2) is 41.6 Å². The Morgan fingerprint density at radius 1 is 1.30 bits per heavy atom. The first-order chi connectivity index (χ1) is 9.38. The van der Waals surface area contributed by atoms with Crippen LogP contribution in [0.15, 0.2) is 0 Å². The lowest BCUT2D eigenvalue weighted by molar-refractivity contribution is -0.138. The average Bonchev–Trinajstić information content (AvgIpc) is 2.35. The van der Waals surface area contributed by atoms with Gasteiger partial charge in [0.1, 0.15) is 0 Å². The molecule has 0 aromatic heterocycles. The van der Waals surface area contributed by atoms with Gasteiger partial charge in [0, 0.05) is 26.1 Å². The van der Waals surface area contributed by atoms with Gasteiger partial charge in [-0.05, 0) is 37.0 Å². The second-order valence-electron chi connectivity index (χ2n) is 6.45. The van der Waals surface area contributed by atoms with Crippen LogP contribution >= 0.6 is 0 Å². The normalized spacial score (nSPS) is 18.1. The number of amides is 2. The average molecular weight is 284 g/mol. The van der Waals surface area contributed by atoms with Crippen molar-refractivity contribution in [2.75, 3.05) is 19.6 Å². The Balaban J connectivity index is 2.37. The second-order valence-corrected chi connectivity index (χ2v) is 6.45. The third kappa shape index (κ3) is 6.26. The number of aliphatic carboxylic acids is 1. The molecule has 1 aliphatic rings. The fraction of sp³-hybridized carbons (Fsp3) is 0.867. The quantitative estimate of drug-likeness (QED) is 0.787. The number of nitrogens with zero attached hydrogens (tertiary/aromatic N) is 1. The standard InChI is InChI=1S/C15H28N2O3/c1-11(2)8-13(9-14(18)19)10-16-15(20)17-6-4-12(3)5-7-17/h11-13H,4-10H2,1-3H3,(H,16,20)(H,18,19)/t13-/m0/s1. The van der Waals surface area contributed by atoms with Crippen molar-refractivity contribution in [1.82, 2.24) is 10.2 Å². The van der Waals surface area contributed by atoms with Crippen LogP contribution in [0.5, 0.6) is 0 Å². The summed E-state index contributed by atoms with van der Waals surface area (Å²) >= 11 is 0. The molecule has 1 saturated heterocycles. The highest BCUT2D eigenvalue weighted by Crippen LogP contribution is 2.17. The number of nitrogens with one attached hydrogen (secondary N) is 1. The zero-order chi connectivity index (χ0) is 15.1. The van der Waals surface area contributed by atoms with Crippen molar-refractivity contribution in [3.05, 3.63) is 0 Å². The number of piperidine rings is 1. The second kappa shape index (κ2) is 8.12. The van der Waals surface area contributed by atoms with Crippen molar-refractivity contribution < 1.29 is 14.7 Å². The predicted molar refractivity (Wildman–Crippen MR) is 78.6 cm³/mol. The van der Waals surface area contributed by atoms with Gasteiger partial charge in [0.2, 0.25) is 0 Å². The highest BCUT2D eigenvalue weighted by atomic mass is 16.4. The summed E-state index contributed by atoms with van der Waals surface area (Å²) in [6.45, 7) is 8.42. The summed E-state index contributed by atoms with van der Waals surface area (Å²) in [5.41, 5.74) is 0. The molecule has 0 unspecified atom stereocenters. The number of urea groups is 1. The van der Waals surface area contributed by atoms with Crippen molar-refractivity contribution in [3.63, 3.8) is 0 Å². The Morgan fingerprint density at radius 2 is 1.90 bits per heavy atom. The smallest absolute Gasteiger partial charge is 0.317 e. The number of carboxylic acid groups (broad SMARTS) is 1. The number of hydrogen-bond donors (Lipinski definition) is 2. The molecule has 1 heterocycles. The van der Waals surface area contributed by atoms with Gasteiger partial charge in [-0.1, -0.05) is 20.8 Å². The SMILES string of the molecule is CC(C)C[C@H](CNC(=O)N1CCC(C)CC1)CC(=O)O. The van der Waals surface area contributed by atoms with Crippen LogP contribution in [0, 0.1) is 17.8 Å². The van der Waals surface area contributed by atoms with Crippen molar-refractivity contribution in [1.29, 1.82) is 0 Å². The van der Waals surface area contributed by atoms with Crippen LogP contribution in [-0.2, 0) is 4.79 Å². The van der Waals surface area contributed by atoms with E-state index in [1.54, 1.807) is 0 Å². The summed E-state index contributed by atoms with van der Waals surface area (Å²) in [6.07, 6.45) is 3.05. The minimum Gasteiger partial charge on any atom is -0.481 e. The highest BCUT2D eigenvalue weighted by molar-refractivity contribution is 5.74. The zero-order valence-corrected chi connectivity index (χ0v) is 12.9. The molecule has 1 fully saturated rings. The van der Waals surface area contributed by atoms with Gasteiger partial charge in [-0.3, -0.25) is 4.79 Å². The molecule has 0 aromatic carbocycles. The Morgan fingerprint density at radius 3 is 2.40 bits per heavy atom. The number of rotatable bonds is 6. The maximum Gasteiger partial charge on any atom is 0.317 e. The Hall–Kier alpha value is -1.26. The Bertz CT molecular complexity index is 323. The third-order valence-electron chi connectivity index (χ3n) is 3.88. The number of hydrogen-bond acceptors (Lipinski definition) is 2. The molecule has 20 heavy (non-hydrogen) atoms. The van der Waals surface area contributed by atoms with Gasteiger partial charge in [-0.15, -0.1) is 0 Å². The summed E-state index contributed by atoms with van der Waals surface area (Å²) in [5.74, 6) is 0.351. The molecule has 5 nitrogen and oxygen atoms in total. The van der Waals surface area contributed by atoms with Crippen LogP contribution in [0.2, 0.25) is 0 Å². The van der Waals surface area contributed by atoms with Gasteiger partial charge in [0.05, 0.1) is 0 Å². The maximum absolute atomic E-state index is 12.0. The van der Waals surface area contributed by atoms with Crippen LogP contribution in [0.3, 0.4) is 0 Å². The third-order valence-corrected chi connectivity index (χ3v) is 3.88. The molecule has 0 radical (unpaired) electrons. The zero-order valence-electron chi connectivity index (χ0n) is 12.9. The molecule has 2 N–H and O–H groups in total. The van der Waals surface area contributed by atoms with E-state index in [1.807, 2.05) is 4.90 Å². The van der Waals surface area contributed by atoms with E-state index < -0.39 is 5.97 Å². The molecule has 1 atom stereocenters. The van der Waals surface area contributed by atoms with Crippen molar-refractivity contribution >= 4 is 12.0 Å². The molecule has 0 aliphatic carbocycles. The van der Waals surface area contributed by atoms with Gasteiger partial charge in [0.25, 0.3) is 0 Å². The van der Waals surface area contributed by atoms with Crippen molar-refractivity contribution in [2.24, 2.45) is 17.8 Å². The van der Waals surface area contributed by atoms with Crippen LogP contribution in [0.25, 0.3) is 0 Å². The lowest BCUT2D eigenvalue weighted by Crippen LogP contribution is -2.45. The summed E-state index contributed by atoms with van der Waals surface area (Å²) in [6, 6.07) is -0.0453. The van der Waals surface area contributed by atoms with Gasteiger partial charge >= 0.3 is 12.0 Å². The Kier molecular flexibility index (Phi) is 6.82. The topological polar surface area (TPSA) is 69.6 Å². The molecule has 0 spiro atoms. The van der Waals surface area contributed by atoms with Gasteiger partial charge in [-0.25, -0.2) is 4.79 Å². The first-order valence-corrected chi connectivity index (χ1v) is 7.63. The first-order valence-electron chi connectivity index (χ1n) is 7.63. The van der Waals surface area contributed by atoms with E-state index in [0.717, 1.165) is 32.4 Å². The van der Waals surface area contributed by atoms with Gasteiger partial charge in [-0.2, -0.15) is 0 Å². The van der Waals surface area contributed by atoms with Gasteiger partial charge in [0.15, 0.2) is 0 Å². The molecule has 5 heteroatoms. The van der Waals surface area contributed by atoms with E-state index in [4.69, 9.17) is 5.11 Å². The molecular formula is C15H28N2O3. The summed E-state index contributed by atoms with van der Waals surface area (Å²) in [7, 11) is 0.